The Kier molecular flexibility index (Phi) is 6.64. The number of aromatic amines is 1. The zero-order valence-electron chi connectivity index (χ0n) is 11.6. The third-order valence-corrected chi connectivity index (χ3v) is 2.28. The fourth-order valence-corrected chi connectivity index (χ4v) is 1.18. The predicted octanol–water partition coefficient (Wildman–Crippen LogP) is 0.473. The molecule has 0 amide bonds. The lowest BCUT2D eigenvalue weighted by atomic mass is 10.5. The van der Waals surface area contributed by atoms with Gasteiger partial charge in [0, 0.05) is 6.20 Å². The smallest absolute Gasteiger partial charge is 0.358 e. The molecule has 2 heterocycles. The summed E-state index contributed by atoms with van der Waals surface area (Å²) in [5.74, 6) is -1.09. The molecule has 116 valence electrons. The van der Waals surface area contributed by atoms with Crippen molar-refractivity contribution in [1.29, 1.82) is 0 Å². The van der Waals surface area contributed by atoms with Gasteiger partial charge in [-0.3, -0.25) is 4.79 Å². The molecule has 2 rings (SSSR count). The van der Waals surface area contributed by atoms with E-state index in [2.05, 4.69) is 29.4 Å². The van der Waals surface area contributed by atoms with Gasteiger partial charge in [0.1, 0.15) is 5.15 Å². The molecule has 0 spiro atoms. The minimum Gasteiger partial charge on any atom is -0.464 e. The molecule has 0 saturated heterocycles. The van der Waals surface area contributed by atoms with Gasteiger partial charge in [0.15, 0.2) is 11.4 Å². The number of methoxy groups -OCH3 is 2. The molecule has 2 aromatic heterocycles. The first kappa shape index (κ1) is 17.2. The first-order valence-electron chi connectivity index (χ1n) is 5.66. The SMILES string of the molecule is COC(=O)c1c[nH]c(=O)cn1.COC(=O)c1cnc(Cl)cn1. The Balaban J connectivity index is 0.000000220. The van der Waals surface area contributed by atoms with Gasteiger partial charge in [-0.1, -0.05) is 11.6 Å². The monoisotopic (exact) mass is 326 g/mol. The summed E-state index contributed by atoms with van der Waals surface area (Å²) >= 11 is 5.43. The molecule has 22 heavy (non-hydrogen) atoms. The standard InChI is InChI=1S/C6H5ClN2O2.C6H6N2O3/c1-11-6(10)4-2-9-5(7)3-8-4;1-11-6(10)4-2-8-5(9)3-7-4/h2-3H,1H3;2-3H,1H3,(H,8,9). The van der Waals surface area contributed by atoms with E-state index in [1.807, 2.05) is 0 Å². The third-order valence-electron chi connectivity index (χ3n) is 2.08. The number of ether oxygens (including phenoxy) is 2. The van der Waals surface area contributed by atoms with E-state index in [4.69, 9.17) is 11.6 Å². The normalized spacial score (nSPS) is 9.23. The van der Waals surface area contributed by atoms with Gasteiger partial charge in [0.05, 0.1) is 32.8 Å². The Bertz CT molecular complexity index is 681. The van der Waals surface area contributed by atoms with E-state index < -0.39 is 11.9 Å². The van der Waals surface area contributed by atoms with Gasteiger partial charge in [-0.2, -0.15) is 0 Å². The topological polar surface area (TPSA) is 124 Å². The molecule has 0 aromatic carbocycles. The van der Waals surface area contributed by atoms with E-state index in [1.165, 1.54) is 32.8 Å². The molecule has 0 saturated carbocycles. The van der Waals surface area contributed by atoms with Crippen molar-refractivity contribution in [2.24, 2.45) is 0 Å². The number of nitrogens with zero attached hydrogens (tertiary/aromatic N) is 3. The second kappa shape index (κ2) is 8.47. The van der Waals surface area contributed by atoms with Crippen LogP contribution in [0.15, 0.2) is 29.6 Å². The van der Waals surface area contributed by atoms with Crippen molar-refractivity contribution in [2.45, 2.75) is 0 Å². The lowest BCUT2D eigenvalue weighted by molar-refractivity contribution is 0.0584. The summed E-state index contributed by atoms with van der Waals surface area (Å²) < 4.78 is 8.74. The zero-order chi connectivity index (χ0) is 16.5. The van der Waals surface area contributed by atoms with Crippen LogP contribution in [0.1, 0.15) is 21.0 Å². The van der Waals surface area contributed by atoms with Crippen LogP contribution in [-0.4, -0.2) is 46.1 Å². The summed E-state index contributed by atoms with van der Waals surface area (Å²) in [7, 11) is 2.52. The van der Waals surface area contributed by atoms with Crippen LogP contribution in [0, 0.1) is 0 Å². The van der Waals surface area contributed by atoms with Gasteiger partial charge >= 0.3 is 11.9 Å². The van der Waals surface area contributed by atoms with Crippen molar-refractivity contribution in [3.05, 3.63) is 51.7 Å². The molecule has 0 aliphatic heterocycles. The number of H-pyrrole nitrogens is 1. The van der Waals surface area contributed by atoms with Gasteiger partial charge in [-0.05, 0) is 0 Å². The molecule has 0 bridgehead atoms. The highest BCUT2D eigenvalue weighted by atomic mass is 35.5. The number of carbonyl (C=O) groups excluding carboxylic acids is 2. The third kappa shape index (κ3) is 5.29. The number of esters is 2. The van der Waals surface area contributed by atoms with Gasteiger partial charge in [-0.15, -0.1) is 0 Å². The van der Waals surface area contributed by atoms with Crippen LogP contribution in [0.5, 0.6) is 0 Å². The molecule has 0 radical (unpaired) electrons. The average molecular weight is 327 g/mol. The van der Waals surface area contributed by atoms with Crippen LogP contribution >= 0.6 is 11.6 Å². The highest BCUT2D eigenvalue weighted by Crippen LogP contribution is 2.01. The molecule has 0 unspecified atom stereocenters. The summed E-state index contributed by atoms with van der Waals surface area (Å²) in [4.78, 5) is 45.1. The van der Waals surface area contributed by atoms with Gasteiger partial charge in [-0.25, -0.2) is 24.5 Å². The second-order valence-electron chi connectivity index (χ2n) is 3.50. The van der Waals surface area contributed by atoms with Gasteiger partial charge in [0.25, 0.3) is 5.56 Å². The summed E-state index contributed by atoms with van der Waals surface area (Å²) in [6.07, 6.45) is 4.77. The lowest BCUT2D eigenvalue weighted by Crippen LogP contribution is -2.11. The minimum atomic E-state index is -0.568. The Labute approximate surface area is 129 Å². The maximum atomic E-state index is 10.8. The second-order valence-corrected chi connectivity index (χ2v) is 3.89. The molecule has 9 nitrogen and oxygen atoms in total. The Morgan fingerprint density at radius 1 is 1.00 bits per heavy atom. The molecule has 0 aliphatic rings. The van der Waals surface area contributed by atoms with Gasteiger partial charge in [0.2, 0.25) is 0 Å². The van der Waals surface area contributed by atoms with Gasteiger partial charge < -0.3 is 14.5 Å². The molecular formula is C12H11ClN4O5. The van der Waals surface area contributed by atoms with Crippen molar-refractivity contribution in [1.82, 2.24) is 19.9 Å². The number of nitrogens with one attached hydrogen (secondary N) is 1. The molecule has 0 fully saturated rings. The summed E-state index contributed by atoms with van der Waals surface area (Å²) in [6, 6.07) is 0. The Morgan fingerprint density at radius 3 is 2.05 bits per heavy atom. The minimum absolute atomic E-state index is 0.0899. The van der Waals surface area contributed by atoms with E-state index in [9.17, 15) is 14.4 Å². The van der Waals surface area contributed by atoms with E-state index in [0.717, 1.165) is 6.20 Å². The molecule has 0 atom stereocenters. The molecular weight excluding hydrogens is 316 g/mol. The number of halogens is 1. The largest absolute Gasteiger partial charge is 0.464 e. The first-order chi connectivity index (χ1) is 10.5. The van der Waals surface area contributed by atoms with E-state index in [-0.39, 0.29) is 22.1 Å². The van der Waals surface area contributed by atoms with Crippen LogP contribution in [-0.2, 0) is 9.47 Å². The highest BCUT2D eigenvalue weighted by Gasteiger charge is 2.06. The Hall–Kier alpha value is -2.81. The van der Waals surface area contributed by atoms with Crippen molar-refractivity contribution in [2.75, 3.05) is 14.2 Å². The number of hydrogen-bond donors (Lipinski definition) is 1. The fourth-order valence-electron chi connectivity index (χ4n) is 1.08. The summed E-state index contributed by atoms with van der Waals surface area (Å²) in [5, 5.41) is 0.248. The fraction of sp³-hybridized carbons (Fsp3) is 0.167. The highest BCUT2D eigenvalue weighted by molar-refractivity contribution is 6.29. The molecule has 10 heteroatoms. The first-order valence-corrected chi connectivity index (χ1v) is 6.04. The lowest BCUT2D eigenvalue weighted by Gasteiger charge is -1.95. The molecule has 1 N–H and O–H groups in total. The maximum absolute atomic E-state index is 10.8. The number of hydrogen-bond acceptors (Lipinski definition) is 8. The van der Waals surface area contributed by atoms with Crippen molar-refractivity contribution in [3.8, 4) is 0 Å². The summed E-state index contributed by atoms with van der Waals surface area (Å²) in [5.41, 5.74) is -0.110. The average Bonchev–Trinajstić information content (AvgIpc) is 2.55. The van der Waals surface area contributed by atoms with Crippen LogP contribution in [0.2, 0.25) is 5.15 Å². The van der Waals surface area contributed by atoms with Crippen molar-refractivity contribution in [3.63, 3.8) is 0 Å². The van der Waals surface area contributed by atoms with Crippen LogP contribution in [0.4, 0.5) is 0 Å². The van der Waals surface area contributed by atoms with E-state index in [0.29, 0.717) is 0 Å². The molecule has 2 aromatic rings. The van der Waals surface area contributed by atoms with Crippen LogP contribution in [0.3, 0.4) is 0 Å². The van der Waals surface area contributed by atoms with Crippen LogP contribution < -0.4 is 5.56 Å². The van der Waals surface area contributed by atoms with E-state index in [1.54, 1.807) is 0 Å². The quantitative estimate of drug-likeness (QED) is 0.790. The van der Waals surface area contributed by atoms with Crippen molar-refractivity contribution < 1.29 is 19.1 Å². The maximum Gasteiger partial charge on any atom is 0.358 e. The summed E-state index contributed by atoms with van der Waals surface area (Å²) in [6.45, 7) is 0. The number of rotatable bonds is 2. The number of carbonyl (C=O) groups is 2. The number of aromatic nitrogens is 4. The van der Waals surface area contributed by atoms with Crippen LogP contribution in [0.25, 0.3) is 0 Å². The van der Waals surface area contributed by atoms with Crippen molar-refractivity contribution >= 4 is 23.5 Å². The Morgan fingerprint density at radius 2 is 1.59 bits per heavy atom. The molecule has 0 aliphatic carbocycles. The predicted molar refractivity (Wildman–Crippen MR) is 74.6 cm³/mol. The van der Waals surface area contributed by atoms with E-state index >= 15 is 0 Å². The zero-order valence-corrected chi connectivity index (χ0v) is 12.3.